The lowest BCUT2D eigenvalue weighted by Gasteiger charge is -2.20. The van der Waals surface area contributed by atoms with Gasteiger partial charge < -0.3 is 19.9 Å². The van der Waals surface area contributed by atoms with E-state index in [-0.39, 0.29) is 24.9 Å². The van der Waals surface area contributed by atoms with Crippen LogP contribution in [0.4, 0.5) is 0 Å². The van der Waals surface area contributed by atoms with Crippen LogP contribution >= 0.6 is 0 Å². The molecule has 1 saturated heterocycles. The average molecular weight is 279 g/mol. The van der Waals surface area contributed by atoms with E-state index < -0.39 is 0 Å². The molecule has 4 nitrogen and oxygen atoms in total. The summed E-state index contributed by atoms with van der Waals surface area (Å²) < 4.78 is 11.2. The number of hydrogen-bond acceptors (Lipinski definition) is 4. The van der Waals surface area contributed by atoms with Crippen LogP contribution in [0.3, 0.4) is 0 Å². The molecular formula is C16H25NO3. The molecule has 2 rings (SSSR count). The summed E-state index contributed by atoms with van der Waals surface area (Å²) in [6.45, 7) is 5.74. The first-order valence-corrected chi connectivity index (χ1v) is 7.41. The Bertz CT molecular complexity index is 385. The van der Waals surface area contributed by atoms with Crippen molar-refractivity contribution in [1.82, 2.24) is 5.32 Å². The number of ether oxygens (including phenoxy) is 2. The van der Waals surface area contributed by atoms with Gasteiger partial charge in [-0.05, 0) is 44.4 Å². The van der Waals surface area contributed by atoms with Crippen LogP contribution in [0.15, 0.2) is 24.3 Å². The molecular weight excluding hydrogens is 254 g/mol. The monoisotopic (exact) mass is 279 g/mol. The fourth-order valence-corrected chi connectivity index (χ4v) is 2.42. The lowest BCUT2D eigenvalue weighted by atomic mass is 10.1. The fraction of sp³-hybridized carbons (Fsp3) is 0.625. The first-order valence-electron chi connectivity index (χ1n) is 7.41. The maximum Gasteiger partial charge on any atom is 0.119 e. The van der Waals surface area contributed by atoms with Crippen LogP contribution in [0, 0.1) is 0 Å². The topological polar surface area (TPSA) is 50.7 Å². The molecule has 1 fully saturated rings. The van der Waals surface area contributed by atoms with Gasteiger partial charge in [0, 0.05) is 13.2 Å². The third kappa shape index (κ3) is 4.47. The number of rotatable bonds is 7. The Morgan fingerprint density at radius 3 is 2.65 bits per heavy atom. The second-order valence-electron chi connectivity index (χ2n) is 5.51. The number of benzene rings is 1. The summed E-state index contributed by atoms with van der Waals surface area (Å²) in [5.41, 5.74) is 1.07. The molecule has 0 saturated carbocycles. The predicted octanol–water partition coefficient (Wildman–Crippen LogP) is 2.28. The molecule has 0 radical (unpaired) electrons. The molecule has 1 heterocycles. The average Bonchev–Trinajstić information content (AvgIpc) is 2.94. The van der Waals surface area contributed by atoms with E-state index in [4.69, 9.17) is 9.47 Å². The van der Waals surface area contributed by atoms with Crippen molar-refractivity contribution in [3.05, 3.63) is 29.8 Å². The molecule has 0 aliphatic carbocycles. The van der Waals surface area contributed by atoms with Crippen molar-refractivity contribution in [1.29, 1.82) is 0 Å². The number of aliphatic hydroxyl groups is 1. The maximum absolute atomic E-state index is 9.53. The van der Waals surface area contributed by atoms with Gasteiger partial charge in [0.2, 0.25) is 0 Å². The normalized spacial score (nSPS) is 20.3. The molecule has 112 valence electrons. The van der Waals surface area contributed by atoms with Crippen LogP contribution in [-0.4, -0.2) is 37.1 Å². The quantitative estimate of drug-likeness (QED) is 0.804. The van der Waals surface area contributed by atoms with Crippen LogP contribution in [0.1, 0.15) is 38.3 Å². The highest BCUT2D eigenvalue weighted by molar-refractivity contribution is 5.29. The molecule has 0 aromatic heterocycles. The van der Waals surface area contributed by atoms with Crippen molar-refractivity contribution < 1.29 is 14.6 Å². The van der Waals surface area contributed by atoms with Gasteiger partial charge in [-0.3, -0.25) is 0 Å². The molecule has 1 aromatic rings. The van der Waals surface area contributed by atoms with E-state index in [9.17, 15) is 5.11 Å². The largest absolute Gasteiger partial charge is 0.491 e. The van der Waals surface area contributed by atoms with Gasteiger partial charge in [-0.2, -0.15) is 0 Å². The summed E-state index contributed by atoms with van der Waals surface area (Å²) >= 11 is 0. The highest BCUT2D eigenvalue weighted by Crippen LogP contribution is 2.19. The number of nitrogens with one attached hydrogen (secondary N) is 1. The van der Waals surface area contributed by atoms with Gasteiger partial charge >= 0.3 is 0 Å². The van der Waals surface area contributed by atoms with E-state index in [0.29, 0.717) is 0 Å². The molecule has 20 heavy (non-hydrogen) atoms. The van der Waals surface area contributed by atoms with E-state index in [0.717, 1.165) is 37.3 Å². The summed E-state index contributed by atoms with van der Waals surface area (Å²) in [7, 11) is 0. The molecule has 1 aromatic carbocycles. The summed E-state index contributed by atoms with van der Waals surface area (Å²) in [6, 6.07) is 7.85. The first kappa shape index (κ1) is 15.3. The Kier molecular flexibility index (Phi) is 5.83. The Hall–Kier alpha value is -1.10. The minimum absolute atomic E-state index is 0.0488. The summed E-state index contributed by atoms with van der Waals surface area (Å²) in [6.07, 6.45) is 2.70. The van der Waals surface area contributed by atoms with E-state index in [1.54, 1.807) is 0 Å². The molecule has 0 bridgehead atoms. The minimum Gasteiger partial charge on any atom is -0.491 e. The highest BCUT2D eigenvalue weighted by Gasteiger charge is 2.18. The Labute approximate surface area is 121 Å². The molecule has 1 aliphatic heterocycles. The molecule has 2 N–H and O–H groups in total. The van der Waals surface area contributed by atoms with Crippen molar-refractivity contribution in [3.8, 4) is 5.75 Å². The van der Waals surface area contributed by atoms with Gasteiger partial charge in [0.25, 0.3) is 0 Å². The molecule has 2 unspecified atom stereocenters. The summed E-state index contributed by atoms with van der Waals surface area (Å²) in [4.78, 5) is 0. The summed E-state index contributed by atoms with van der Waals surface area (Å²) in [5.74, 6) is 0.861. The zero-order valence-corrected chi connectivity index (χ0v) is 12.3. The van der Waals surface area contributed by atoms with Crippen molar-refractivity contribution in [2.45, 2.75) is 44.9 Å². The molecule has 0 spiro atoms. The van der Waals surface area contributed by atoms with E-state index in [1.165, 1.54) is 0 Å². The Balaban J connectivity index is 1.89. The second kappa shape index (κ2) is 7.62. The third-order valence-electron chi connectivity index (χ3n) is 3.45. The van der Waals surface area contributed by atoms with Crippen molar-refractivity contribution >= 4 is 0 Å². The van der Waals surface area contributed by atoms with E-state index in [1.807, 2.05) is 38.1 Å². The van der Waals surface area contributed by atoms with Crippen molar-refractivity contribution in [2.75, 3.05) is 19.8 Å². The van der Waals surface area contributed by atoms with E-state index in [2.05, 4.69) is 5.32 Å². The lowest BCUT2D eigenvalue weighted by Crippen LogP contribution is -2.31. The molecule has 0 amide bonds. The lowest BCUT2D eigenvalue weighted by molar-refractivity contribution is 0.104. The fourth-order valence-electron chi connectivity index (χ4n) is 2.42. The van der Waals surface area contributed by atoms with Crippen molar-refractivity contribution in [2.24, 2.45) is 0 Å². The van der Waals surface area contributed by atoms with Gasteiger partial charge in [0.05, 0.1) is 24.9 Å². The Morgan fingerprint density at radius 2 is 2.10 bits per heavy atom. The van der Waals surface area contributed by atoms with Gasteiger partial charge in [0.15, 0.2) is 0 Å². The van der Waals surface area contributed by atoms with Gasteiger partial charge in [-0.15, -0.1) is 0 Å². The maximum atomic E-state index is 9.53. The molecule has 4 heteroatoms. The van der Waals surface area contributed by atoms with Crippen LogP contribution in [0.5, 0.6) is 5.75 Å². The van der Waals surface area contributed by atoms with Gasteiger partial charge in [-0.25, -0.2) is 0 Å². The van der Waals surface area contributed by atoms with Crippen LogP contribution in [0.25, 0.3) is 0 Å². The van der Waals surface area contributed by atoms with Crippen molar-refractivity contribution in [3.63, 3.8) is 0 Å². The van der Waals surface area contributed by atoms with Gasteiger partial charge in [0.1, 0.15) is 5.75 Å². The SMILES string of the molecule is CC(C)Oc1ccc(C(CO)NCC2CCCO2)cc1. The zero-order valence-electron chi connectivity index (χ0n) is 12.3. The predicted molar refractivity (Wildman–Crippen MR) is 79.0 cm³/mol. The second-order valence-corrected chi connectivity index (χ2v) is 5.51. The third-order valence-corrected chi connectivity index (χ3v) is 3.45. The smallest absolute Gasteiger partial charge is 0.119 e. The van der Waals surface area contributed by atoms with Crippen LogP contribution in [-0.2, 0) is 4.74 Å². The first-order chi connectivity index (χ1) is 9.69. The Morgan fingerprint density at radius 1 is 1.35 bits per heavy atom. The zero-order chi connectivity index (χ0) is 14.4. The standard InChI is InChI=1S/C16H25NO3/c1-12(2)20-14-7-5-13(6-8-14)16(11-18)17-10-15-4-3-9-19-15/h5-8,12,15-18H,3-4,9-11H2,1-2H3. The highest BCUT2D eigenvalue weighted by atomic mass is 16.5. The minimum atomic E-state index is -0.0488. The number of hydrogen-bond donors (Lipinski definition) is 2. The van der Waals surface area contributed by atoms with Crippen LogP contribution < -0.4 is 10.1 Å². The molecule has 1 aliphatic rings. The van der Waals surface area contributed by atoms with Crippen LogP contribution in [0.2, 0.25) is 0 Å². The van der Waals surface area contributed by atoms with E-state index >= 15 is 0 Å². The van der Waals surface area contributed by atoms with Gasteiger partial charge in [-0.1, -0.05) is 12.1 Å². The molecule has 2 atom stereocenters. The number of aliphatic hydroxyl groups excluding tert-OH is 1. The summed E-state index contributed by atoms with van der Waals surface area (Å²) in [5, 5.41) is 12.9.